The van der Waals surface area contributed by atoms with E-state index in [0.29, 0.717) is 12.1 Å². The molecular formula is C13H13N2O2+. The summed E-state index contributed by atoms with van der Waals surface area (Å²) in [6.45, 7) is 0.472. The second-order valence-electron chi connectivity index (χ2n) is 3.64. The lowest BCUT2D eigenvalue weighted by Crippen LogP contribution is -2.32. The Morgan fingerprint density at radius 3 is 2.65 bits per heavy atom. The summed E-state index contributed by atoms with van der Waals surface area (Å²) < 4.78 is 0.859. The molecule has 0 saturated heterocycles. The molecule has 1 aromatic carbocycles. The Morgan fingerprint density at radius 1 is 1.18 bits per heavy atom. The number of aromatic nitrogens is 1. The van der Waals surface area contributed by atoms with Gasteiger partial charge in [-0.1, -0.05) is 30.3 Å². The summed E-state index contributed by atoms with van der Waals surface area (Å²) in [6.07, 6.45) is 2.81. The van der Waals surface area contributed by atoms with E-state index in [4.69, 9.17) is 0 Å². The molecule has 0 saturated carbocycles. The van der Waals surface area contributed by atoms with E-state index >= 15 is 0 Å². The summed E-state index contributed by atoms with van der Waals surface area (Å²) in [6, 6.07) is 12.9. The summed E-state index contributed by atoms with van der Waals surface area (Å²) in [4.78, 5) is 11.7. The topological polar surface area (TPSA) is 53.2 Å². The zero-order valence-electron chi connectivity index (χ0n) is 9.21. The second kappa shape index (κ2) is 5.12. The average molecular weight is 229 g/mol. The highest BCUT2D eigenvalue weighted by atomic mass is 16.5. The van der Waals surface area contributed by atoms with Crippen LogP contribution in [0.5, 0.6) is 0 Å². The number of rotatable bonds is 3. The first-order chi connectivity index (χ1) is 8.25. The van der Waals surface area contributed by atoms with Crippen LogP contribution < -0.4 is 10.0 Å². The van der Waals surface area contributed by atoms with Crippen LogP contribution in [-0.4, -0.2) is 11.1 Å². The Hall–Kier alpha value is -2.36. The number of nitrogens with zero attached hydrogens (tertiary/aromatic N) is 1. The molecule has 0 aliphatic heterocycles. The summed E-state index contributed by atoms with van der Waals surface area (Å²) in [5.74, 6) is -0.211. The van der Waals surface area contributed by atoms with Crippen molar-refractivity contribution in [1.29, 1.82) is 0 Å². The van der Waals surface area contributed by atoms with E-state index in [9.17, 15) is 10.0 Å². The molecule has 2 N–H and O–H groups in total. The van der Waals surface area contributed by atoms with Crippen molar-refractivity contribution in [2.24, 2.45) is 0 Å². The summed E-state index contributed by atoms with van der Waals surface area (Å²) in [5, 5.41) is 12.0. The predicted octanol–water partition coefficient (Wildman–Crippen LogP) is 1.14. The minimum atomic E-state index is -0.211. The van der Waals surface area contributed by atoms with Gasteiger partial charge in [-0.05, 0) is 11.6 Å². The zero-order chi connectivity index (χ0) is 12.1. The van der Waals surface area contributed by atoms with Crippen molar-refractivity contribution in [3.8, 4) is 0 Å². The van der Waals surface area contributed by atoms with E-state index < -0.39 is 0 Å². The minimum Gasteiger partial charge on any atom is -0.348 e. The highest BCUT2D eigenvalue weighted by Gasteiger charge is 2.09. The van der Waals surface area contributed by atoms with Gasteiger partial charge in [0.15, 0.2) is 0 Å². The van der Waals surface area contributed by atoms with Gasteiger partial charge in [-0.3, -0.25) is 10.0 Å². The Morgan fingerprint density at radius 2 is 1.94 bits per heavy atom. The lowest BCUT2D eigenvalue weighted by Gasteiger charge is -2.03. The van der Waals surface area contributed by atoms with Gasteiger partial charge in [0.05, 0.1) is 0 Å². The van der Waals surface area contributed by atoms with E-state index in [2.05, 4.69) is 5.32 Å². The van der Waals surface area contributed by atoms with Gasteiger partial charge in [-0.15, -0.1) is 0 Å². The Bertz CT molecular complexity index is 512. The van der Waals surface area contributed by atoms with Gasteiger partial charge in [-0.25, -0.2) is 0 Å². The molecule has 0 fully saturated rings. The Kier molecular flexibility index (Phi) is 3.35. The van der Waals surface area contributed by atoms with Crippen molar-refractivity contribution >= 4 is 5.91 Å². The number of nitrogens with one attached hydrogen (secondary N) is 1. The number of carbonyl (C=O) groups excluding carboxylic acids is 1. The first-order valence-electron chi connectivity index (χ1n) is 5.28. The number of amides is 1. The van der Waals surface area contributed by atoms with Crippen molar-refractivity contribution in [2.45, 2.75) is 6.54 Å². The fourth-order valence-corrected chi connectivity index (χ4v) is 1.48. The maximum Gasteiger partial charge on any atom is 0.257 e. The van der Waals surface area contributed by atoms with Crippen LogP contribution in [0, 0.1) is 0 Å². The number of pyridine rings is 1. The van der Waals surface area contributed by atoms with Crippen LogP contribution in [0.25, 0.3) is 0 Å². The highest BCUT2D eigenvalue weighted by molar-refractivity contribution is 5.93. The van der Waals surface area contributed by atoms with Gasteiger partial charge in [-0.2, -0.15) is 0 Å². The van der Waals surface area contributed by atoms with E-state index in [0.717, 1.165) is 10.3 Å². The van der Waals surface area contributed by atoms with Crippen LogP contribution in [0.15, 0.2) is 54.9 Å². The third-order valence-electron chi connectivity index (χ3n) is 2.34. The van der Waals surface area contributed by atoms with Gasteiger partial charge in [0.1, 0.15) is 5.56 Å². The van der Waals surface area contributed by atoms with Crippen molar-refractivity contribution in [1.82, 2.24) is 5.32 Å². The normalized spacial score (nSPS) is 9.88. The summed E-state index contributed by atoms with van der Waals surface area (Å²) >= 11 is 0. The number of hydrogen-bond donors (Lipinski definition) is 2. The lowest BCUT2D eigenvalue weighted by atomic mass is 10.2. The molecular weight excluding hydrogens is 216 g/mol. The maximum atomic E-state index is 11.7. The largest absolute Gasteiger partial charge is 0.348 e. The molecule has 4 heteroatoms. The predicted molar refractivity (Wildman–Crippen MR) is 61.4 cm³/mol. The highest BCUT2D eigenvalue weighted by Crippen LogP contribution is 1.99. The molecule has 0 aliphatic carbocycles. The molecule has 0 radical (unpaired) electrons. The SMILES string of the molecule is O=C(NCc1ccccc1)c1ccc[n+](O)c1. The molecule has 0 spiro atoms. The Labute approximate surface area is 99.1 Å². The summed E-state index contributed by atoms with van der Waals surface area (Å²) in [5.41, 5.74) is 1.46. The minimum absolute atomic E-state index is 0.211. The van der Waals surface area contributed by atoms with Gasteiger partial charge < -0.3 is 5.32 Å². The van der Waals surface area contributed by atoms with Crippen LogP contribution in [0.4, 0.5) is 0 Å². The molecule has 86 valence electrons. The fourth-order valence-electron chi connectivity index (χ4n) is 1.48. The Balaban J connectivity index is 1.98. The van der Waals surface area contributed by atoms with Gasteiger partial charge in [0.2, 0.25) is 12.4 Å². The van der Waals surface area contributed by atoms with Crippen LogP contribution in [0.2, 0.25) is 0 Å². The molecule has 2 rings (SSSR count). The monoisotopic (exact) mass is 229 g/mol. The molecule has 0 bridgehead atoms. The van der Waals surface area contributed by atoms with Crippen molar-refractivity contribution in [3.05, 3.63) is 66.0 Å². The van der Waals surface area contributed by atoms with E-state index in [-0.39, 0.29) is 5.91 Å². The molecule has 17 heavy (non-hydrogen) atoms. The molecule has 4 nitrogen and oxygen atoms in total. The standard InChI is InChI=1S/C13H12N2O2/c16-13(12-7-4-8-15(17)10-12)14-9-11-5-2-1-3-6-11/h1-8,10H,9H2,(H-,14,16,17)/p+1. The quantitative estimate of drug-likeness (QED) is 0.612. The summed E-state index contributed by atoms with van der Waals surface area (Å²) in [7, 11) is 0. The van der Waals surface area contributed by atoms with Gasteiger partial charge in [0, 0.05) is 17.3 Å². The second-order valence-corrected chi connectivity index (χ2v) is 3.64. The molecule has 1 aromatic heterocycles. The fraction of sp³-hybridized carbons (Fsp3) is 0.0769. The average Bonchev–Trinajstić information content (AvgIpc) is 2.37. The smallest absolute Gasteiger partial charge is 0.257 e. The molecule has 1 amide bonds. The van der Waals surface area contributed by atoms with Gasteiger partial charge in [0.25, 0.3) is 5.91 Å². The van der Waals surface area contributed by atoms with E-state index in [1.54, 1.807) is 12.1 Å². The van der Waals surface area contributed by atoms with Crippen LogP contribution >= 0.6 is 0 Å². The van der Waals surface area contributed by atoms with E-state index in [1.165, 1.54) is 12.4 Å². The first kappa shape index (κ1) is 11.1. The molecule has 0 unspecified atom stereocenters. The number of benzene rings is 1. The number of hydrogen-bond acceptors (Lipinski definition) is 2. The van der Waals surface area contributed by atoms with Crippen molar-refractivity contribution in [2.75, 3.05) is 0 Å². The molecule has 1 heterocycles. The van der Waals surface area contributed by atoms with Crippen LogP contribution in [0.1, 0.15) is 15.9 Å². The molecule has 0 atom stereocenters. The molecule has 0 aliphatic rings. The third-order valence-corrected chi connectivity index (χ3v) is 2.34. The molecule has 2 aromatic rings. The van der Waals surface area contributed by atoms with Crippen LogP contribution in [0.3, 0.4) is 0 Å². The van der Waals surface area contributed by atoms with Gasteiger partial charge >= 0.3 is 0 Å². The van der Waals surface area contributed by atoms with Crippen LogP contribution in [-0.2, 0) is 6.54 Å². The number of carbonyl (C=O) groups is 1. The maximum absolute atomic E-state index is 11.7. The first-order valence-corrected chi connectivity index (χ1v) is 5.28. The zero-order valence-corrected chi connectivity index (χ0v) is 9.21. The van der Waals surface area contributed by atoms with Crippen molar-refractivity contribution in [3.63, 3.8) is 0 Å². The van der Waals surface area contributed by atoms with E-state index in [1.807, 2.05) is 30.3 Å². The van der Waals surface area contributed by atoms with Crippen molar-refractivity contribution < 1.29 is 14.7 Å². The lowest BCUT2D eigenvalue weighted by molar-refractivity contribution is -0.904. The third kappa shape index (κ3) is 3.04.